The van der Waals surface area contributed by atoms with E-state index in [2.05, 4.69) is 0 Å². The van der Waals surface area contributed by atoms with Gasteiger partial charge in [-0.2, -0.15) is 5.26 Å². The molecule has 0 aliphatic carbocycles. The van der Waals surface area contributed by atoms with E-state index in [0.29, 0.717) is 12.4 Å². The van der Waals surface area contributed by atoms with Crippen molar-refractivity contribution in [3.63, 3.8) is 0 Å². The number of rotatable bonds is 4. The number of hydrogen-bond donors (Lipinski definition) is 0. The second-order valence-corrected chi connectivity index (χ2v) is 3.92. The van der Waals surface area contributed by atoms with E-state index in [1.807, 2.05) is 30.3 Å². The van der Waals surface area contributed by atoms with Gasteiger partial charge in [0.25, 0.3) is 0 Å². The molecule has 0 aliphatic rings. The summed E-state index contributed by atoms with van der Waals surface area (Å²) in [5, 5.41) is 8.74. The molecule has 19 heavy (non-hydrogen) atoms. The Labute approximate surface area is 110 Å². The zero-order valence-electron chi connectivity index (χ0n) is 10.4. The van der Waals surface area contributed by atoms with E-state index < -0.39 is 5.82 Å². The van der Waals surface area contributed by atoms with Crippen LogP contribution < -0.4 is 9.47 Å². The molecule has 0 spiro atoms. The van der Waals surface area contributed by atoms with Crippen LogP contribution in [0.15, 0.2) is 42.5 Å². The minimum absolute atomic E-state index is 0.240. The largest absolute Gasteiger partial charge is 0.497 e. The van der Waals surface area contributed by atoms with Gasteiger partial charge in [-0.15, -0.1) is 0 Å². The van der Waals surface area contributed by atoms with Gasteiger partial charge in [0, 0.05) is 6.07 Å². The summed E-state index contributed by atoms with van der Waals surface area (Å²) < 4.78 is 23.7. The van der Waals surface area contributed by atoms with Crippen LogP contribution in [0.1, 0.15) is 11.1 Å². The summed E-state index contributed by atoms with van der Waals surface area (Å²) in [6.45, 7) is 0.304. The highest BCUT2D eigenvalue weighted by molar-refractivity contribution is 5.37. The van der Waals surface area contributed by atoms with Gasteiger partial charge in [-0.3, -0.25) is 0 Å². The van der Waals surface area contributed by atoms with E-state index in [4.69, 9.17) is 14.7 Å². The molecule has 96 valence electrons. The van der Waals surface area contributed by atoms with E-state index in [1.54, 1.807) is 7.11 Å². The maximum Gasteiger partial charge on any atom is 0.128 e. The Bertz CT molecular complexity index is 603. The minimum Gasteiger partial charge on any atom is -0.497 e. The highest BCUT2D eigenvalue weighted by Crippen LogP contribution is 2.18. The van der Waals surface area contributed by atoms with Crippen molar-refractivity contribution in [3.05, 3.63) is 59.4 Å². The van der Waals surface area contributed by atoms with Gasteiger partial charge in [-0.25, -0.2) is 4.39 Å². The number of hydrogen-bond acceptors (Lipinski definition) is 3. The van der Waals surface area contributed by atoms with Crippen molar-refractivity contribution in [2.45, 2.75) is 6.61 Å². The average molecular weight is 257 g/mol. The van der Waals surface area contributed by atoms with E-state index in [1.165, 1.54) is 18.2 Å². The number of nitrogens with zero attached hydrogens (tertiary/aromatic N) is 1. The Kier molecular flexibility index (Phi) is 3.99. The summed E-state index contributed by atoms with van der Waals surface area (Å²) in [4.78, 5) is 0. The molecule has 0 N–H and O–H groups in total. The lowest BCUT2D eigenvalue weighted by Crippen LogP contribution is -1.96. The van der Waals surface area contributed by atoms with Crippen LogP contribution in [0.25, 0.3) is 0 Å². The van der Waals surface area contributed by atoms with Crippen molar-refractivity contribution in [2.24, 2.45) is 0 Å². The molecule has 2 aromatic rings. The van der Waals surface area contributed by atoms with E-state index in [0.717, 1.165) is 11.3 Å². The molecule has 0 saturated carbocycles. The molecular weight excluding hydrogens is 245 g/mol. The Hall–Kier alpha value is -2.54. The van der Waals surface area contributed by atoms with Crippen molar-refractivity contribution >= 4 is 0 Å². The molecule has 0 aromatic heterocycles. The van der Waals surface area contributed by atoms with Crippen LogP contribution in [0, 0.1) is 17.1 Å². The van der Waals surface area contributed by atoms with Crippen molar-refractivity contribution in [1.82, 2.24) is 0 Å². The second kappa shape index (κ2) is 5.87. The normalized spacial score (nSPS) is 9.74. The molecule has 2 rings (SSSR count). The first-order valence-corrected chi connectivity index (χ1v) is 5.67. The first-order valence-electron chi connectivity index (χ1n) is 5.67. The van der Waals surface area contributed by atoms with Crippen LogP contribution in [0.4, 0.5) is 4.39 Å². The Morgan fingerprint density at radius 1 is 1.11 bits per heavy atom. The molecule has 0 aliphatic heterocycles. The third-order valence-corrected chi connectivity index (χ3v) is 2.56. The summed E-state index contributed by atoms with van der Waals surface area (Å²) in [6.07, 6.45) is 0. The van der Waals surface area contributed by atoms with Crippen molar-refractivity contribution < 1.29 is 13.9 Å². The maximum atomic E-state index is 13.2. The number of methoxy groups -OCH3 is 1. The van der Waals surface area contributed by atoms with Crippen LogP contribution in [0.3, 0.4) is 0 Å². The third-order valence-electron chi connectivity index (χ3n) is 2.56. The molecule has 0 bridgehead atoms. The summed E-state index contributed by atoms with van der Waals surface area (Å²) >= 11 is 0. The highest BCUT2D eigenvalue weighted by Gasteiger charge is 2.02. The lowest BCUT2D eigenvalue weighted by Gasteiger charge is -2.07. The van der Waals surface area contributed by atoms with E-state index in [-0.39, 0.29) is 5.56 Å². The first-order chi connectivity index (χ1) is 9.21. The first kappa shape index (κ1) is 12.9. The monoisotopic (exact) mass is 257 g/mol. The number of nitriles is 1. The predicted molar refractivity (Wildman–Crippen MR) is 68.4 cm³/mol. The SMILES string of the molecule is COc1ccc(COc2cc(F)cc(C#N)c2)cc1. The van der Waals surface area contributed by atoms with Gasteiger partial charge in [0.05, 0.1) is 18.7 Å². The van der Waals surface area contributed by atoms with Crippen LogP contribution in [0.2, 0.25) is 0 Å². The van der Waals surface area contributed by atoms with E-state index >= 15 is 0 Å². The molecular formula is C15H12FNO2. The lowest BCUT2D eigenvalue weighted by molar-refractivity contribution is 0.304. The van der Waals surface area contributed by atoms with Gasteiger partial charge in [0.15, 0.2) is 0 Å². The number of benzene rings is 2. The average Bonchev–Trinajstić information content (AvgIpc) is 2.45. The van der Waals surface area contributed by atoms with Crippen LogP contribution in [-0.4, -0.2) is 7.11 Å². The molecule has 0 saturated heterocycles. The van der Waals surface area contributed by atoms with E-state index in [9.17, 15) is 4.39 Å². The fourth-order valence-corrected chi connectivity index (χ4v) is 1.60. The topological polar surface area (TPSA) is 42.2 Å². The smallest absolute Gasteiger partial charge is 0.128 e. The molecule has 0 fully saturated rings. The van der Waals surface area contributed by atoms with Crippen LogP contribution >= 0.6 is 0 Å². The second-order valence-electron chi connectivity index (χ2n) is 3.92. The Morgan fingerprint density at radius 2 is 1.84 bits per heavy atom. The minimum atomic E-state index is -0.483. The standard InChI is InChI=1S/C15H12FNO2/c1-18-14-4-2-11(3-5-14)10-19-15-7-12(9-17)6-13(16)8-15/h2-8H,10H2,1H3. The van der Waals surface area contributed by atoms with Gasteiger partial charge in [0.2, 0.25) is 0 Å². The zero-order chi connectivity index (χ0) is 13.7. The highest BCUT2D eigenvalue weighted by atomic mass is 19.1. The fraction of sp³-hybridized carbons (Fsp3) is 0.133. The van der Waals surface area contributed by atoms with Crippen molar-refractivity contribution in [2.75, 3.05) is 7.11 Å². The van der Waals surface area contributed by atoms with Gasteiger partial charge in [0.1, 0.15) is 23.9 Å². The van der Waals surface area contributed by atoms with Gasteiger partial charge in [-0.05, 0) is 29.8 Å². The molecule has 0 atom stereocenters. The van der Waals surface area contributed by atoms with Gasteiger partial charge < -0.3 is 9.47 Å². The summed E-state index contributed by atoms with van der Waals surface area (Å²) in [5.41, 5.74) is 1.17. The molecule has 0 unspecified atom stereocenters. The van der Waals surface area contributed by atoms with Crippen molar-refractivity contribution in [3.8, 4) is 17.6 Å². The molecule has 2 aromatic carbocycles. The summed E-state index contributed by atoms with van der Waals surface area (Å²) in [5.74, 6) is 0.623. The van der Waals surface area contributed by atoms with Gasteiger partial charge >= 0.3 is 0 Å². The lowest BCUT2D eigenvalue weighted by atomic mass is 10.2. The van der Waals surface area contributed by atoms with Crippen LogP contribution in [0.5, 0.6) is 11.5 Å². The summed E-state index contributed by atoms with van der Waals surface area (Å²) in [7, 11) is 1.60. The fourth-order valence-electron chi connectivity index (χ4n) is 1.60. The molecule has 3 nitrogen and oxygen atoms in total. The molecule has 0 amide bonds. The zero-order valence-corrected chi connectivity index (χ0v) is 10.4. The van der Waals surface area contributed by atoms with Gasteiger partial charge in [-0.1, -0.05) is 12.1 Å². The van der Waals surface area contributed by atoms with Crippen molar-refractivity contribution in [1.29, 1.82) is 5.26 Å². The Morgan fingerprint density at radius 3 is 2.47 bits per heavy atom. The quantitative estimate of drug-likeness (QED) is 0.844. The van der Waals surface area contributed by atoms with Crippen LogP contribution in [-0.2, 0) is 6.61 Å². The number of halogens is 1. The predicted octanol–water partition coefficient (Wildman–Crippen LogP) is 3.28. The molecule has 4 heteroatoms. The summed E-state index contributed by atoms with van der Waals surface area (Å²) in [6, 6.07) is 13.2. The maximum absolute atomic E-state index is 13.2. The molecule has 0 radical (unpaired) electrons. The third kappa shape index (κ3) is 3.46. The Balaban J connectivity index is 2.05. The number of ether oxygens (including phenoxy) is 2. The molecule has 0 heterocycles.